The number of anilines is 1. The highest BCUT2D eigenvalue weighted by Gasteiger charge is 2.12. The molecular formula is C16H20N6O. The van der Waals surface area contributed by atoms with Crippen molar-refractivity contribution in [2.75, 3.05) is 11.9 Å². The zero-order valence-corrected chi connectivity index (χ0v) is 13.4. The number of carbonyl (C=O) groups excluding carboxylic acids is 1. The van der Waals surface area contributed by atoms with Gasteiger partial charge >= 0.3 is 6.03 Å². The fourth-order valence-corrected chi connectivity index (χ4v) is 2.66. The fourth-order valence-electron chi connectivity index (χ4n) is 2.66. The van der Waals surface area contributed by atoms with E-state index in [1.165, 1.54) is 0 Å². The van der Waals surface area contributed by atoms with Crippen molar-refractivity contribution in [1.29, 1.82) is 0 Å². The highest BCUT2D eigenvalue weighted by Crippen LogP contribution is 2.20. The molecule has 3 aromatic rings. The standard InChI is InChI=1S/C16H20N6O/c1-10-7-11(2)22(21-10)12(3)8-17-16(23)19-14-6-4-5-13-9-18-20-15(13)14/h4-7,9,12H,8H2,1-3H3,(H,18,20)(H2,17,19,23)/t12-/m0/s1. The van der Waals surface area contributed by atoms with Gasteiger partial charge in [0.2, 0.25) is 0 Å². The van der Waals surface area contributed by atoms with Gasteiger partial charge in [0.1, 0.15) is 0 Å². The van der Waals surface area contributed by atoms with Crippen molar-refractivity contribution < 1.29 is 4.79 Å². The maximum atomic E-state index is 12.1. The van der Waals surface area contributed by atoms with Crippen LogP contribution in [0, 0.1) is 13.8 Å². The van der Waals surface area contributed by atoms with Gasteiger partial charge in [-0.1, -0.05) is 12.1 Å². The lowest BCUT2D eigenvalue weighted by atomic mass is 10.2. The van der Waals surface area contributed by atoms with E-state index in [1.807, 2.05) is 49.7 Å². The average Bonchev–Trinajstić information content (AvgIpc) is 3.11. The number of aromatic nitrogens is 4. The molecule has 0 saturated carbocycles. The molecular weight excluding hydrogens is 292 g/mol. The van der Waals surface area contributed by atoms with E-state index in [2.05, 4.69) is 25.9 Å². The molecule has 120 valence electrons. The molecule has 0 aliphatic rings. The lowest BCUT2D eigenvalue weighted by Gasteiger charge is -2.15. The number of hydrogen-bond donors (Lipinski definition) is 3. The number of para-hydroxylation sites is 1. The Labute approximate surface area is 134 Å². The molecule has 0 saturated heterocycles. The van der Waals surface area contributed by atoms with E-state index in [9.17, 15) is 4.79 Å². The van der Waals surface area contributed by atoms with Crippen molar-refractivity contribution in [2.45, 2.75) is 26.8 Å². The highest BCUT2D eigenvalue weighted by molar-refractivity contribution is 5.99. The van der Waals surface area contributed by atoms with Crippen molar-refractivity contribution in [3.63, 3.8) is 0 Å². The van der Waals surface area contributed by atoms with Crippen LogP contribution in [0.3, 0.4) is 0 Å². The number of amides is 2. The van der Waals surface area contributed by atoms with Crippen LogP contribution in [0.2, 0.25) is 0 Å². The van der Waals surface area contributed by atoms with Gasteiger partial charge in [0.25, 0.3) is 0 Å². The van der Waals surface area contributed by atoms with E-state index in [-0.39, 0.29) is 12.1 Å². The van der Waals surface area contributed by atoms with E-state index >= 15 is 0 Å². The van der Waals surface area contributed by atoms with Gasteiger partial charge in [-0.3, -0.25) is 9.78 Å². The Balaban J connectivity index is 1.61. The first kappa shape index (κ1) is 15.1. The summed E-state index contributed by atoms with van der Waals surface area (Å²) in [4.78, 5) is 12.1. The number of H-pyrrole nitrogens is 1. The fraction of sp³-hybridized carbons (Fsp3) is 0.312. The molecule has 7 heteroatoms. The van der Waals surface area contributed by atoms with E-state index in [0.717, 1.165) is 22.3 Å². The summed E-state index contributed by atoms with van der Waals surface area (Å²) in [6.07, 6.45) is 1.73. The first-order valence-electron chi connectivity index (χ1n) is 7.54. The van der Waals surface area contributed by atoms with Crippen LogP contribution < -0.4 is 10.6 Å². The lowest BCUT2D eigenvalue weighted by Crippen LogP contribution is -2.33. The number of fused-ring (bicyclic) bond motifs is 1. The molecule has 0 bridgehead atoms. The van der Waals surface area contributed by atoms with Gasteiger partial charge in [0.05, 0.1) is 29.1 Å². The minimum atomic E-state index is -0.250. The van der Waals surface area contributed by atoms with E-state index in [0.29, 0.717) is 12.2 Å². The predicted molar refractivity (Wildman–Crippen MR) is 89.5 cm³/mol. The van der Waals surface area contributed by atoms with Crippen LogP contribution >= 0.6 is 0 Å². The van der Waals surface area contributed by atoms with Crippen molar-refractivity contribution in [1.82, 2.24) is 25.3 Å². The first-order chi connectivity index (χ1) is 11.0. The smallest absolute Gasteiger partial charge is 0.319 e. The molecule has 0 aliphatic heterocycles. The summed E-state index contributed by atoms with van der Waals surface area (Å²) < 4.78 is 1.92. The molecule has 1 atom stereocenters. The van der Waals surface area contributed by atoms with Crippen molar-refractivity contribution in [3.05, 3.63) is 41.9 Å². The zero-order valence-electron chi connectivity index (χ0n) is 13.4. The van der Waals surface area contributed by atoms with Gasteiger partial charge in [-0.15, -0.1) is 0 Å². The quantitative estimate of drug-likeness (QED) is 0.692. The summed E-state index contributed by atoms with van der Waals surface area (Å²) in [5.74, 6) is 0. The minimum Gasteiger partial charge on any atom is -0.336 e. The van der Waals surface area contributed by atoms with Gasteiger partial charge < -0.3 is 10.6 Å². The molecule has 2 amide bonds. The van der Waals surface area contributed by atoms with Crippen molar-refractivity contribution in [3.8, 4) is 0 Å². The number of aryl methyl sites for hydroxylation is 2. The number of urea groups is 1. The van der Waals surface area contributed by atoms with Crippen LogP contribution in [-0.4, -0.2) is 32.6 Å². The third-order valence-corrected chi connectivity index (χ3v) is 3.75. The Morgan fingerprint density at radius 1 is 1.39 bits per heavy atom. The average molecular weight is 312 g/mol. The van der Waals surface area contributed by atoms with Gasteiger partial charge in [-0.2, -0.15) is 10.2 Å². The normalized spacial score (nSPS) is 12.3. The Hall–Kier alpha value is -2.83. The number of aromatic amines is 1. The molecule has 0 spiro atoms. The molecule has 3 rings (SSSR count). The number of carbonyl (C=O) groups is 1. The molecule has 3 N–H and O–H groups in total. The maximum Gasteiger partial charge on any atom is 0.319 e. The molecule has 0 fully saturated rings. The first-order valence-corrected chi connectivity index (χ1v) is 7.54. The van der Waals surface area contributed by atoms with Gasteiger partial charge in [0.15, 0.2) is 0 Å². The second kappa shape index (κ2) is 6.12. The van der Waals surface area contributed by atoms with Crippen LogP contribution in [0.5, 0.6) is 0 Å². The van der Waals surface area contributed by atoms with Crippen LogP contribution in [0.1, 0.15) is 24.4 Å². The van der Waals surface area contributed by atoms with E-state index in [1.54, 1.807) is 6.20 Å². The molecule has 1 aromatic carbocycles. The zero-order chi connectivity index (χ0) is 16.4. The highest BCUT2D eigenvalue weighted by atomic mass is 16.2. The van der Waals surface area contributed by atoms with Crippen LogP contribution in [0.15, 0.2) is 30.5 Å². The number of nitrogens with one attached hydrogen (secondary N) is 3. The van der Waals surface area contributed by atoms with Gasteiger partial charge in [-0.25, -0.2) is 4.79 Å². The number of hydrogen-bond acceptors (Lipinski definition) is 3. The minimum absolute atomic E-state index is 0.0809. The summed E-state index contributed by atoms with van der Waals surface area (Å²) in [6.45, 7) is 6.49. The maximum absolute atomic E-state index is 12.1. The summed E-state index contributed by atoms with van der Waals surface area (Å²) in [5.41, 5.74) is 3.58. The Bertz CT molecular complexity index is 834. The predicted octanol–water partition coefficient (Wildman–Crippen LogP) is 2.76. The SMILES string of the molecule is Cc1cc(C)n([C@@H](C)CNC(=O)Nc2cccc3cn[nH]c23)n1. The number of rotatable bonds is 4. The monoisotopic (exact) mass is 312 g/mol. The number of nitrogens with zero attached hydrogens (tertiary/aromatic N) is 3. The second-order valence-corrected chi connectivity index (χ2v) is 5.70. The molecule has 2 heterocycles. The summed E-state index contributed by atoms with van der Waals surface area (Å²) >= 11 is 0. The molecule has 0 aliphatic carbocycles. The molecule has 7 nitrogen and oxygen atoms in total. The molecule has 0 radical (unpaired) electrons. The second-order valence-electron chi connectivity index (χ2n) is 5.70. The number of benzene rings is 1. The molecule has 2 aromatic heterocycles. The summed E-state index contributed by atoms with van der Waals surface area (Å²) in [5, 5.41) is 18.0. The van der Waals surface area contributed by atoms with E-state index in [4.69, 9.17) is 0 Å². The van der Waals surface area contributed by atoms with Crippen molar-refractivity contribution >= 4 is 22.6 Å². The molecule has 0 unspecified atom stereocenters. The largest absolute Gasteiger partial charge is 0.336 e. The van der Waals surface area contributed by atoms with Gasteiger partial charge in [0, 0.05) is 17.6 Å². The van der Waals surface area contributed by atoms with Crippen LogP contribution in [-0.2, 0) is 0 Å². The lowest BCUT2D eigenvalue weighted by molar-refractivity contribution is 0.250. The third kappa shape index (κ3) is 3.18. The van der Waals surface area contributed by atoms with E-state index < -0.39 is 0 Å². The van der Waals surface area contributed by atoms with Crippen LogP contribution in [0.4, 0.5) is 10.5 Å². The summed E-state index contributed by atoms with van der Waals surface area (Å²) in [6, 6.07) is 7.51. The molecule has 23 heavy (non-hydrogen) atoms. The Morgan fingerprint density at radius 2 is 2.22 bits per heavy atom. The topological polar surface area (TPSA) is 87.6 Å². The Morgan fingerprint density at radius 3 is 2.96 bits per heavy atom. The Kier molecular flexibility index (Phi) is 4.01. The third-order valence-electron chi connectivity index (χ3n) is 3.75. The van der Waals surface area contributed by atoms with Gasteiger partial charge in [-0.05, 0) is 32.9 Å². The summed E-state index contributed by atoms with van der Waals surface area (Å²) in [7, 11) is 0. The van der Waals surface area contributed by atoms with Crippen LogP contribution in [0.25, 0.3) is 10.9 Å². The van der Waals surface area contributed by atoms with Crippen molar-refractivity contribution in [2.24, 2.45) is 0 Å².